The quantitative estimate of drug-likeness (QED) is 0.168. The summed E-state index contributed by atoms with van der Waals surface area (Å²) in [7, 11) is 0. The molecule has 0 heterocycles. The Morgan fingerprint density at radius 2 is 1.56 bits per heavy atom. The summed E-state index contributed by atoms with van der Waals surface area (Å²) in [5.74, 6) is 0.397. The van der Waals surface area contributed by atoms with Gasteiger partial charge in [-0.3, -0.25) is 0 Å². The number of nitrogens with one attached hydrogen (secondary N) is 2. The molecule has 0 aliphatic rings. The molecule has 0 atom stereocenters. The van der Waals surface area contributed by atoms with E-state index in [1.807, 2.05) is 18.2 Å². The molecule has 0 aromatic heterocycles. The topological polar surface area (TPSA) is 107 Å². The largest absolute Gasteiger partial charge is 0.505 e. The molecule has 3 rings (SSSR count). The number of para-hydroxylation sites is 1. The maximum atomic E-state index is 10.4. The highest BCUT2D eigenvalue weighted by molar-refractivity contribution is 6.03. The molecule has 3 aromatic carbocycles. The highest BCUT2D eigenvalue weighted by Crippen LogP contribution is 2.48. The molecule has 4 N–H and O–H groups in total. The van der Waals surface area contributed by atoms with E-state index in [4.69, 9.17) is 15.0 Å². The minimum atomic E-state index is -0.175. The van der Waals surface area contributed by atoms with Crippen molar-refractivity contribution in [1.82, 2.24) is 0 Å². The Labute approximate surface area is 144 Å². The van der Waals surface area contributed by atoms with Crippen molar-refractivity contribution < 1.29 is 19.7 Å². The van der Waals surface area contributed by atoms with Crippen LogP contribution in [0.3, 0.4) is 0 Å². The van der Waals surface area contributed by atoms with E-state index in [0.717, 1.165) is 0 Å². The standard InChI is InChI=1S/C18H17N3O4/c19-21-16-15(17(22)13-8-4-5-9-14(13)18(16)23)20-10-24-11-25-12-6-2-1-3-7-12/h1-9,19-20,22-23H,10-11H2. The molecule has 3 aromatic rings. The number of nitrogens with zero attached hydrogens (tertiary/aromatic N) is 1. The molecule has 128 valence electrons. The molecular weight excluding hydrogens is 322 g/mol. The second kappa shape index (κ2) is 7.50. The van der Waals surface area contributed by atoms with Crippen LogP contribution in [0.4, 0.5) is 11.4 Å². The van der Waals surface area contributed by atoms with Crippen molar-refractivity contribution in [2.45, 2.75) is 0 Å². The number of phenolic OH excluding ortho intramolecular Hbond substituents is 2. The maximum Gasteiger partial charge on any atom is 0.191 e. The van der Waals surface area contributed by atoms with Gasteiger partial charge in [-0.25, -0.2) is 5.53 Å². The Bertz CT molecular complexity index is 884. The summed E-state index contributed by atoms with van der Waals surface area (Å²) < 4.78 is 10.7. The van der Waals surface area contributed by atoms with E-state index in [0.29, 0.717) is 16.5 Å². The van der Waals surface area contributed by atoms with Crippen LogP contribution in [0.15, 0.2) is 59.7 Å². The molecule has 0 saturated heterocycles. The van der Waals surface area contributed by atoms with Gasteiger partial charge < -0.3 is 25.0 Å². The van der Waals surface area contributed by atoms with Gasteiger partial charge in [-0.05, 0) is 12.1 Å². The number of aromatic hydroxyl groups is 2. The molecule has 0 aliphatic carbocycles. The second-order valence-electron chi connectivity index (χ2n) is 5.18. The zero-order valence-corrected chi connectivity index (χ0v) is 13.3. The van der Waals surface area contributed by atoms with Gasteiger partial charge in [0.2, 0.25) is 0 Å². The Morgan fingerprint density at radius 1 is 0.920 bits per heavy atom. The van der Waals surface area contributed by atoms with E-state index < -0.39 is 0 Å². The summed E-state index contributed by atoms with van der Waals surface area (Å²) in [4.78, 5) is 0. The van der Waals surface area contributed by atoms with Crippen molar-refractivity contribution >= 4 is 22.1 Å². The van der Waals surface area contributed by atoms with Crippen LogP contribution in [0.2, 0.25) is 0 Å². The summed E-state index contributed by atoms with van der Waals surface area (Å²) in [5.41, 5.74) is 7.35. The van der Waals surface area contributed by atoms with Crippen molar-refractivity contribution in [2.24, 2.45) is 5.11 Å². The lowest BCUT2D eigenvalue weighted by Crippen LogP contribution is -2.11. The van der Waals surface area contributed by atoms with E-state index >= 15 is 0 Å². The number of benzene rings is 3. The number of ether oxygens (including phenoxy) is 2. The van der Waals surface area contributed by atoms with Crippen LogP contribution in [0.1, 0.15) is 0 Å². The molecular formula is C18H17N3O4. The first-order valence-electron chi connectivity index (χ1n) is 7.56. The van der Waals surface area contributed by atoms with Gasteiger partial charge in [0.05, 0.1) is 0 Å². The Morgan fingerprint density at radius 3 is 2.24 bits per heavy atom. The first kappa shape index (κ1) is 16.5. The van der Waals surface area contributed by atoms with Crippen LogP contribution in [0.25, 0.3) is 10.8 Å². The van der Waals surface area contributed by atoms with E-state index in [-0.39, 0.29) is 36.4 Å². The van der Waals surface area contributed by atoms with E-state index in [1.54, 1.807) is 36.4 Å². The zero-order chi connectivity index (χ0) is 17.6. The van der Waals surface area contributed by atoms with Gasteiger partial charge in [0, 0.05) is 10.8 Å². The van der Waals surface area contributed by atoms with Gasteiger partial charge in [-0.1, -0.05) is 42.5 Å². The van der Waals surface area contributed by atoms with E-state index in [9.17, 15) is 10.2 Å². The van der Waals surface area contributed by atoms with Gasteiger partial charge in [0.25, 0.3) is 0 Å². The smallest absolute Gasteiger partial charge is 0.191 e. The fourth-order valence-corrected chi connectivity index (χ4v) is 2.46. The first-order valence-corrected chi connectivity index (χ1v) is 7.56. The van der Waals surface area contributed by atoms with Crippen molar-refractivity contribution in [3.8, 4) is 17.2 Å². The molecule has 0 spiro atoms. The zero-order valence-electron chi connectivity index (χ0n) is 13.3. The third-order valence-corrected chi connectivity index (χ3v) is 3.65. The Balaban J connectivity index is 1.70. The number of hydrogen-bond acceptors (Lipinski definition) is 7. The summed E-state index contributed by atoms with van der Waals surface area (Å²) >= 11 is 0. The van der Waals surface area contributed by atoms with Gasteiger partial charge in [-0.15, -0.1) is 0 Å². The van der Waals surface area contributed by atoms with Crippen LogP contribution < -0.4 is 10.1 Å². The molecule has 0 saturated carbocycles. The van der Waals surface area contributed by atoms with Crippen molar-refractivity contribution in [3.05, 3.63) is 54.6 Å². The average molecular weight is 339 g/mol. The highest BCUT2D eigenvalue weighted by Gasteiger charge is 2.18. The lowest BCUT2D eigenvalue weighted by Gasteiger charge is -2.15. The third-order valence-electron chi connectivity index (χ3n) is 3.65. The summed E-state index contributed by atoms with van der Waals surface area (Å²) in [6, 6.07) is 16.0. The van der Waals surface area contributed by atoms with Crippen LogP contribution in [0.5, 0.6) is 17.2 Å². The minimum absolute atomic E-state index is 0.000688. The molecule has 0 fully saturated rings. The predicted octanol–water partition coefficient (Wildman–Crippen LogP) is 4.34. The molecule has 0 unspecified atom stereocenters. The van der Waals surface area contributed by atoms with Gasteiger partial charge in [0.1, 0.15) is 23.9 Å². The number of phenols is 2. The number of anilines is 1. The van der Waals surface area contributed by atoms with Gasteiger partial charge in [-0.2, -0.15) is 5.11 Å². The molecule has 0 aliphatic heterocycles. The minimum Gasteiger partial charge on any atom is -0.505 e. The molecule has 0 radical (unpaired) electrons. The molecule has 0 bridgehead atoms. The van der Waals surface area contributed by atoms with Crippen molar-refractivity contribution in [1.29, 1.82) is 5.53 Å². The van der Waals surface area contributed by atoms with E-state index in [2.05, 4.69) is 10.4 Å². The molecule has 7 nitrogen and oxygen atoms in total. The van der Waals surface area contributed by atoms with Crippen molar-refractivity contribution in [2.75, 3.05) is 18.8 Å². The molecule has 25 heavy (non-hydrogen) atoms. The normalized spacial score (nSPS) is 10.6. The lowest BCUT2D eigenvalue weighted by atomic mass is 10.1. The number of rotatable bonds is 7. The van der Waals surface area contributed by atoms with Crippen LogP contribution in [-0.4, -0.2) is 23.7 Å². The van der Waals surface area contributed by atoms with Crippen LogP contribution >= 0.6 is 0 Å². The van der Waals surface area contributed by atoms with E-state index in [1.165, 1.54) is 0 Å². The molecule has 0 amide bonds. The highest BCUT2D eigenvalue weighted by atomic mass is 16.7. The SMILES string of the molecule is N=Nc1c(NCOCOc2ccccc2)c(O)c2ccccc2c1O. The van der Waals surface area contributed by atoms with Crippen molar-refractivity contribution in [3.63, 3.8) is 0 Å². The van der Waals surface area contributed by atoms with Gasteiger partial charge >= 0.3 is 0 Å². The first-order chi connectivity index (χ1) is 12.2. The van der Waals surface area contributed by atoms with Gasteiger partial charge in [0.15, 0.2) is 18.2 Å². The average Bonchev–Trinajstić information content (AvgIpc) is 2.66. The third kappa shape index (κ3) is 3.46. The van der Waals surface area contributed by atoms with Crippen LogP contribution in [-0.2, 0) is 4.74 Å². The predicted molar refractivity (Wildman–Crippen MR) is 93.6 cm³/mol. The fraction of sp³-hybridized carbons (Fsp3) is 0.111. The second-order valence-corrected chi connectivity index (χ2v) is 5.18. The maximum absolute atomic E-state index is 10.4. The Hall–Kier alpha value is -3.32. The summed E-state index contributed by atoms with van der Waals surface area (Å²) in [6.07, 6.45) is 0. The molecule has 7 heteroatoms. The van der Waals surface area contributed by atoms with Crippen LogP contribution in [0, 0.1) is 5.53 Å². The number of fused-ring (bicyclic) bond motifs is 1. The fourth-order valence-electron chi connectivity index (χ4n) is 2.46. The summed E-state index contributed by atoms with van der Waals surface area (Å²) in [5, 5.41) is 27.7. The monoisotopic (exact) mass is 339 g/mol. The number of hydrogen-bond donors (Lipinski definition) is 4. The summed E-state index contributed by atoms with van der Waals surface area (Å²) in [6.45, 7) is 0.00534. The lowest BCUT2D eigenvalue weighted by molar-refractivity contribution is 0.0250. The Kier molecular flexibility index (Phi) is 4.96.